The molecular weight excluding hydrogens is 282 g/mol. The molecule has 0 saturated carbocycles. The van der Waals surface area contributed by atoms with Gasteiger partial charge < -0.3 is 4.90 Å². The van der Waals surface area contributed by atoms with Crippen LogP contribution in [0.1, 0.15) is 23.1 Å². The molecule has 2 rings (SSSR count). The second kappa shape index (κ2) is 5.67. The van der Waals surface area contributed by atoms with E-state index in [-0.39, 0.29) is 5.91 Å². The molecular formula is C13H14ClN3OS. The Morgan fingerprint density at radius 2 is 2.16 bits per heavy atom. The van der Waals surface area contributed by atoms with Crippen LogP contribution >= 0.6 is 22.9 Å². The van der Waals surface area contributed by atoms with Crippen LogP contribution in [0.25, 0.3) is 0 Å². The largest absolute Gasteiger partial charge is 0.305 e. The molecule has 0 aliphatic heterocycles. The van der Waals surface area contributed by atoms with E-state index in [4.69, 9.17) is 11.6 Å². The average molecular weight is 296 g/mol. The summed E-state index contributed by atoms with van der Waals surface area (Å²) in [6.07, 6.45) is 0. The van der Waals surface area contributed by atoms with Crippen molar-refractivity contribution in [3.63, 3.8) is 0 Å². The number of aromatic nitrogens is 2. The van der Waals surface area contributed by atoms with Crippen LogP contribution in [0.15, 0.2) is 17.6 Å². The van der Waals surface area contributed by atoms with E-state index in [0.717, 1.165) is 21.8 Å². The van der Waals surface area contributed by atoms with Crippen LogP contribution in [0.3, 0.4) is 0 Å². The van der Waals surface area contributed by atoms with Crippen molar-refractivity contribution >= 4 is 34.5 Å². The van der Waals surface area contributed by atoms with Crippen molar-refractivity contribution < 1.29 is 4.79 Å². The number of aryl methyl sites for hydroxylation is 1. The van der Waals surface area contributed by atoms with Gasteiger partial charge in [0.15, 0.2) is 0 Å². The number of hydrogen-bond acceptors (Lipinski definition) is 4. The molecule has 0 fully saturated rings. The molecule has 1 amide bonds. The Balaban J connectivity index is 2.42. The zero-order valence-electron chi connectivity index (χ0n) is 11.0. The summed E-state index contributed by atoms with van der Waals surface area (Å²) < 4.78 is 0. The highest BCUT2D eigenvalue weighted by Gasteiger charge is 2.17. The van der Waals surface area contributed by atoms with Crippen molar-refractivity contribution in [3.8, 4) is 0 Å². The molecule has 19 heavy (non-hydrogen) atoms. The number of carbonyl (C=O) groups excluding carboxylic acids is 1. The number of halogens is 1. The first-order valence-corrected chi connectivity index (χ1v) is 7.04. The average Bonchev–Trinajstić information content (AvgIpc) is 2.83. The van der Waals surface area contributed by atoms with Crippen LogP contribution in [-0.2, 0) is 11.3 Å². The minimum atomic E-state index is -0.0417. The highest BCUT2D eigenvalue weighted by Crippen LogP contribution is 2.29. The highest BCUT2D eigenvalue weighted by molar-refractivity contribution is 7.09. The van der Waals surface area contributed by atoms with E-state index in [9.17, 15) is 4.79 Å². The van der Waals surface area contributed by atoms with E-state index in [0.29, 0.717) is 11.6 Å². The van der Waals surface area contributed by atoms with E-state index < -0.39 is 0 Å². The monoisotopic (exact) mass is 295 g/mol. The molecule has 0 radical (unpaired) electrons. The maximum atomic E-state index is 11.9. The second-order valence-corrected chi connectivity index (χ2v) is 5.65. The maximum Gasteiger partial charge on any atom is 0.224 e. The van der Waals surface area contributed by atoms with Gasteiger partial charge in [0.1, 0.15) is 10.5 Å². The summed E-state index contributed by atoms with van der Waals surface area (Å²) in [5, 5.41) is 9.23. The molecule has 0 spiro atoms. The molecule has 4 nitrogen and oxygen atoms in total. The van der Waals surface area contributed by atoms with Crippen LogP contribution in [0, 0.1) is 13.8 Å². The smallest absolute Gasteiger partial charge is 0.224 e. The minimum absolute atomic E-state index is 0.0417. The predicted octanol–water partition coefficient (Wildman–Crippen LogP) is 3.36. The van der Waals surface area contributed by atoms with Crippen LogP contribution in [0.4, 0.5) is 5.69 Å². The Labute approximate surface area is 121 Å². The van der Waals surface area contributed by atoms with E-state index >= 15 is 0 Å². The molecule has 0 aliphatic rings. The molecule has 0 aliphatic carbocycles. The number of nitrogens with zero attached hydrogens (tertiary/aromatic N) is 3. The second-order valence-electron chi connectivity index (χ2n) is 4.33. The Kier molecular flexibility index (Phi) is 4.17. The van der Waals surface area contributed by atoms with Crippen molar-refractivity contribution in [1.29, 1.82) is 0 Å². The normalized spacial score (nSPS) is 10.5. The molecule has 0 atom stereocenters. The Morgan fingerprint density at radius 1 is 1.42 bits per heavy atom. The topological polar surface area (TPSA) is 46.1 Å². The van der Waals surface area contributed by atoms with Crippen LogP contribution < -0.4 is 4.90 Å². The molecule has 1 aromatic heterocycles. The molecule has 0 unspecified atom stereocenters. The van der Waals surface area contributed by atoms with Gasteiger partial charge in [-0.05, 0) is 37.1 Å². The minimum Gasteiger partial charge on any atom is -0.305 e. The molecule has 2 aromatic rings. The molecule has 1 aromatic carbocycles. The van der Waals surface area contributed by atoms with E-state index in [1.165, 1.54) is 18.3 Å². The quantitative estimate of drug-likeness (QED) is 0.872. The maximum absolute atomic E-state index is 11.9. The highest BCUT2D eigenvalue weighted by atomic mass is 35.5. The first kappa shape index (κ1) is 14.0. The lowest BCUT2D eigenvalue weighted by molar-refractivity contribution is -0.116. The lowest BCUT2D eigenvalue weighted by Gasteiger charge is -2.23. The van der Waals surface area contributed by atoms with Gasteiger partial charge in [-0.3, -0.25) is 4.79 Å². The van der Waals surface area contributed by atoms with Gasteiger partial charge >= 0.3 is 0 Å². The molecule has 0 bridgehead atoms. The Bertz CT molecular complexity index is 598. The number of benzene rings is 1. The van der Waals surface area contributed by atoms with Crippen LogP contribution in [0.2, 0.25) is 5.02 Å². The van der Waals surface area contributed by atoms with Gasteiger partial charge in [0.2, 0.25) is 5.91 Å². The fourth-order valence-corrected chi connectivity index (χ4v) is 2.63. The first-order chi connectivity index (χ1) is 8.99. The Morgan fingerprint density at radius 3 is 2.74 bits per heavy atom. The third kappa shape index (κ3) is 3.11. The fourth-order valence-electron chi connectivity index (χ4n) is 1.84. The summed E-state index contributed by atoms with van der Waals surface area (Å²) in [6, 6.07) is 3.85. The van der Waals surface area contributed by atoms with Crippen molar-refractivity contribution in [2.24, 2.45) is 0 Å². The van der Waals surface area contributed by atoms with Gasteiger partial charge in [-0.2, -0.15) is 0 Å². The lowest BCUT2D eigenvalue weighted by atomic mass is 10.1. The molecule has 6 heteroatoms. The van der Waals surface area contributed by atoms with Crippen LogP contribution in [-0.4, -0.2) is 16.1 Å². The van der Waals surface area contributed by atoms with Crippen molar-refractivity contribution in [2.75, 3.05) is 4.90 Å². The summed E-state index contributed by atoms with van der Waals surface area (Å²) in [7, 11) is 0. The van der Waals surface area contributed by atoms with Gasteiger partial charge in [0.05, 0.1) is 6.54 Å². The first-order valence-electron chi connectivity index (χ1n) is 5.79. The number of carbonyl (C=O) groups is 1. The Hall–Kier alpha value is -1.46. The van der Waals surface area contributed by atoms with E-state index in [1.54, 1.807) is 10.4 Å². The number of hydrogen-bond donors (Lipinski definition) is 0. The molecule has 0 saturated heterocycles. The van der Waals surface area contributed by atoms with Crippen LogP contribution in [0.5, 0.6) is 0 Å². The van der Waals surface area contributed by atoms with Gasteiger partial charge in [0.25, 0.3) is 0 Å². The van der Waals surface area contributed by atoms with E-state index in [1.807, 2.05) is 26.0 Å². The third-order valence-electron chi connectivity index (χ3n) is 2.83. The van der Waals surface area contributed by atoms with Crippen molar-refractivity contribution in [3.05, 3.63) is 38.8 Å². The third-order valence-corrected chi connectivity index (χ3v) is 3.91. The summed E-state index contributed by atoms with van der Waals surface area (Å²) in [6.45, 7) is 5.82. The zero-order valence-corrected chi connectivity index (χ0v) is 12.5. The van der Waals surface area contributed by atoms with Crippen molar-refractivity contribution in [2.45, 2.75) is 27.3 Å². The summed E-state index contributed by atoms with van der Waals surface area (Å²) in [5.41, 5.74) is 4.40. The summed E-state index contributed by atoms with van der Waals surface area (Å²) >= 11 is 7.61. The van der Waals surface area contributed by atoms with Crippen molar-refractivity contribution in [1.82, 2.24) is 10.2 Å². The number of rotatable bonds is 3. The van der Waals surface area contributed by atoms with Gasteiger partial charge in [-0.25, -0.2) is 0 Å². The van der Waals surface area contributed by atoms with Gasteiger partial charge in [-0.1, -0.05) is 11.6 Å². The number of anilines is 1. The summed E-state index contributed by atoms with van der Waals surface area (Å²) in [4.78, 5) is 13.6. The SMILES string of the molecule is CC(=O)N(Cc1nncs1)c1cc(C)cc(Cl)c1C. The predicted molar refractivity (Wildman–Crippen MR) is 77.7 cm³/mol. The molecule has 100 valence electrons. The number of amides is 1. The lowest BCUT2D eigenvalue weighted by Crippen LogP contribution is -2.28. The molecule has 1 heterocycles. The zero-order chi connectivity index (χ0) is 14.0. The fraction of sp³-hybridized carbons (Fsp3) is 0.308. The molecule has 0 N–H and O–H groups in total. The summed E-state index contributed by atoms with van der Waals surface area (Å²) in [5.74, 6) is -0.0417. The standard InChI is InChI=1S/C13H14ClN3OS/c1-8-4-11(14)9(2)12(5-8)17(10(3)18)6-13-16-15-7-19-13/h4-5,7H,6H2,1-3H3. The van der Waals surface area contributed by atoms with E-state index in [2.05, 4.69) is 10.2 Å². The van der Waals surface area contributed by atoms with Gasteiger partial charge in [-0.15, -0.1) is 21.5 Å². The van der Waals surface area contributed by atoms with Gasteiger partial charge in [0, 0.05) is 17.6 Å².